The van der Waals surface area contributed by atoms with Gasteiger partial charge in [-0.15, -0.1) is 0 Å². The lowest BCUT2D eigenvalue weighted by Gasteiger charge is -2.54. The highest BCUT2D eigenvalue weighted by atomic mass is 15.3. The van der Waals surface area contributed by atoms with E-state index in [-0.39, 0.29) is 34.0 Å². The molecule has 66 heavy (non-hydrogen) atoms. The van der Waals surface area contributed by atoms with Crippen molar-refractivity contribution in [3.05, 3.63) is 178 Å². The predicted molar refractivity (Wildman–Crippen MR) is 280 cm³/mol. The molecule has 0 aromatic heterocycles. The molecule has 7 aromatic carbocycles. The molecule has 0 saturated heterocycles. The van der Waals surface area contributed by atoms with Crippen molar-refractivity contribution in [2.75, 3.05) is 14.7 Å². The number of aryl methyl sites for hydroxylation is 3. The van der Waals surface area contributed by atoms with E-state index >= 15 is 0 Å². The Balaban J connectivity index is 1.17. The molecule has 2 aliphatic carbocycles. The summed E-state index contributed by atoms with van der Waals surface area (Å²) in [4.78, 5) is 8.40. The second-order valence-electron chi connectivity index (χ2n) is 22.9. The number of hydrogen-bond acceptors (Lipinski definition) is 3. The topological polar surface area (TPSA) is 9.72 Å². The molecule has 0 radical (unpaired) electrons. The lowest BCUT2D eigenvalue weighted by Crippen LogP contribution is -2.64. The summed E-state index contributed by atoms with van der Waals surface area (Å²) in [5, 5.41) is 0. The normalized spacial score (nSPS) is 25.1. The Morgan fingerprint density at radius 2 is 1.27 bits per heavy atom. The van der Waals surface area contributed by atoms with Crippen molar-refractivity contribution in [1.29, 1.82) is 0 Å². The van der Waals surface area contributed by atoms with Gasteiger partial charge in [0, 0.05) is 50.6 Å². The highest BCUT2D eigenvalue weighted by molar-refractivity contribution is 7.00. The quantitative estimate of drug-likeness (QED) is 0.164. The fraction of sp³-hybridized carbons (Fsp3) is 0.323. The minimum absolute atomic E-state index is 0.0186. The maximum Gasteiger partial charge on any atom is 0.252 e. The summed E-state index contributed by atoms with van der Waals surface area (Å²) in [5.41, 5.74) is 25.6. The molecule has 4 unspecified atom stereocenters. The first-order valence-corrected chi connectivity index (χ1v) is 24.9. The third-order valence-corrected chi connectivity index (χ3v) is 18.5. The van der Waals surface area contributed by atoms with Crippen molar-refractivity contribution in [1.82, 2.24) is 0 Å². The van der Waals surface area contributed by atoms with Gasteiger partial charge < -0.3 is 14.7 Å². The molecule has 0 spiro atoms. The second-order valence-corrected chi connectivity index (χ2v) is 22.9. The van der Waals surface area contributed by atoms with Gasteiger partial charge in [-0.25, -0.2) is 0 Å². The fourth-order valence-corrected chi connectivity index (χ4v) is 14.6. The van der Waals surface area contributed by atoms with E-state index in [2.05, 4.69) is 217 Å². The van der Waals surface area contributed by atoms with Crippen molar-refractivity contribution < 1.29 is 0 Å². The van der Waals surface area contributed by atoms with Crippen LogP contribution < -0.4 is 31.1 Å². The van der Waals surface area contributed by atoms with Gasteiger partial charge in [-0.3, -0.25) is 0 Å². The van der Waals surface area contributed by atoms with Crippen LogP contribution in [0, 0.1) is 13.8 Å². The average Bonchev–Trinajstić information content (AvgIpc) is 3.65. The maximum atomic E-state index is 2.91. The van der Waals surface area contributed by atoms with E-state index in [4.69, 9.17) is 0 Å². The molecule has 4 heterocycles. The number of anilines is 7. The first kappa shape index (κ1) is 40.3. The van der Waals surface area contributed by atoms with Crippen LogP contribution in [0.5, 0.6) is 0 Å². The van der Waals surface area contributed by atoms with Gasteiger partial charge in [0.2, 0.25) is 0 Å². The lowest BCUT2D eigenvalue weighted by molar-refractivity contribution is 0.195. The zero-order valence-corrected chi connectivity index (χ0v) is 40.4. The summed E-state index contributed by atoms with van der Waals surface area (Å²) >= 11 is 0. The third kappa shape index (κ3) is 5.01. The SMILES string of the molecule is Cc1cccc(N2c3cc(C)ccc3B3c4cc(C(C)(C)C)cc5c4N(c4cc(N6c7ccc(-c8ccccc8)cc7C7(C)CCCCC67C)cc2c43)C2(C)c3ccccc3CCC52C)c1. The maximum absolute atomic E-state index is 2.91. The Morgan fingerprint density at radius 1 is 0.515 bits per heavy atom. The summed E-state index contributed by atoms with van der Waals surface area (Å²) in [7, 11) is 0. The first-order chi connectivity index (χ1) is 31.7. The van der Waals surface area contributed by atoms with E-state index in [0.29, 0.717) is 0 Å². The minimum atomic E-state index is -0.328. The van der Waals surface area contributed by atoms with Crippen LogP contribution in [0.15, 0.2) is 140 Å². The monoisotopic (exact) mass is 860 g/mol. The van der Waals surface area contributed by atoms with Crippen molar-refractivity contribution in [2.24, 2.45) is 0 Å². The van der Waals surface area contributed by atoms with E-state index < -0.39 is 0 Å². The Bertz CT molecular complexity index is 3220. The molecule has 4 atom stereocenters. The highest BCUT2D eigenvalue weighted by Crippen LogP contribution is 2.67. The molecule has 7 aromatic rings. The van der Waals surface area contributed by atoms with Crippen LogP contribution >= 0.6 is 0 Å². The minimum Gasteiger partial charge on any atom is -0.334 e. The van der Waals surface area contributed by atoms with Gasteiger partial charge in [0.1, 0.15) is 0 Å². The summed E-state index contributed by atoms with van der Waals surface area (Å²) in [6, 6.07) is 55.0. The van der Waals surface area contributed by atoms with Crippen LogP contribution in [0.2, 0.25) is 0 Å². The molecule has 4 heteroatoms. The van der Waals surface area contributed by atoms with E-state index in [9.17, 15) is 0 Å². The summed E-state index contributed by atoms with van der Waals surface area (Å²) in [6.45, 7) is 22.2. The molecular weight excluding hydrogens is 798 g/mol. The average molecular weight is 860 g/mol. The Labute approximate surface area is 393 Å². The Morgan fingerprint density at radius 3 is 2.08 bits per heavy atom. The van der Waals surface area contributed by atoms with Gasteiger partial charge in [-0.05, 0) is 168 Å². The van der Waals surface area contributed by atoms with Crippen molar-refractivity contribution in [3.63, 3.8) is 0 Å². The zero-order chi connectivity index (χ0) is 45.3. The molecule has 0 bridgehead atoms. The molecule has 13 rings (SSSR count). The van der Waals surface area contributed by atoms with Gasteiger partial charge in [0.15, 0.2) is 0 Å². The van der Waals surface area contributed by atoms with Crippen LogP contribution in [-0.2, 0) is 28.2 Å². The molecule has 1 saturated carbocycles. The van der Waals surface area contributed by atoms with E-state index in [1.54, 1.807) is 0 Å². The van der Waals surface area contributed by atoms with Crippen LogP contribution in [0.25, 0.3) is 11.1 Å². The lowest BCUT2D eigenvalue weighted by atomic mass is 9.33. The summed E-state index contributed by atoms with van der Waals surface area (Å²) in [5.74, 6) is 0. The third-order valence-electron chi connectivity index (χ3n) is 18.5. The van der Waals surface area contributed by atoms with Gasteiger partial charge >= 0.3 is 0 Å². The smallest absolute Gasteiger partial charge is 0.252 e. The number of hydrogen-bond donors (Lipinski definition) is 0. The number of rotatable bonds is 3. The van der Waals surface area contributed by atoms with Gasteiger partial charge in [-0.2, -0.15) is 0 Å². The van der Waals surface area contributed by atoms with Gasteiger partial charge in [-0.1, -0.05) is 145 Å². The van der Waals surface area contributed by atoms with Gasteiger partial charge in [0.05, 0.1) is 11.1 Å². The van der Waals surface area contributed by atoms with Crippen molar-refractivity contribution >= 4 is 62.9 Å². The largest absolute Gasteiger partial charge is 0.334 e. The molecule has 4 aliphatic heterocycles. The number of benzene rings is 7. The van der Waals surface area contributed by atoms with Crippen LogP contribution in [0.3, 0.4) is 0 Å². The zero-order valence-electron chi connectivity index (χ0n) is 40.4. The molecular formula is C62H62BN3. The highest BCUT2D eigenvalue weighted by Gasteiger charge is 2.64. The summed E-state index contributed by atoms with van der Waals surface area (Å²) < 4.78 is 0. The van der Waals surface area contributed by atoms with Crippen LogP contribution in [0.1, 0.15) is 120 Å². The van der Waals surface area contributed by atoms with E-state index in [0.717, 1.165) is 19.3 Å². The molecule has 6 aliphatic rings. The molecule has 0 amide bonds. The van der Waals surface area contributed by atoms with Crippen molar-refractivity contribution in [2.45, 2.75) is 128 Å². The molecule has 3 nitrogen and oxygen atoms in total. The second kappa shape index (κ2) is 13.3. The molecule has 0 N–H and O–H groups in total. The van der Waals surface area contributed by atoms with E-state index in [1.807, 2.05) is 0 Å². The first-order valence-electron chi connectivity index (χ1n) is 24.9. The standard InChI is InChI=1S/C62H62BN3/c1-39-18-17-22-45(32-39)64-53-33-40(2)24-26-50(53)63-51-36-44(58(3,4)5)35-49-57(51)66(62(9)47-23-14-13-21-42(47)28-31-60(49,62)7)55-38-46(37-54(64)56(55)63)65-52-27-25-43(41-19-11-10-12-20-41)34-48(52)59(6)29-15-16-30-61(59,65)8/h10-14,17-27,32-38H,15-16,28-31H2,1-9H3. The molecule has 1 fully saturated rings. The van der Waals surface area contributed by atoms with Crippen LogP contribution in [0.4, 0.5) is 39.8 Å². The predicted octanol–water partition coefficient (Wildman–Crippen LogP) is 13.9. The van der Waals surface area contributed by atoms with Gasteiger partial charge in [0.25, 0.3) is 6.71 Å². The van der Waals surface area contributed by atoms with E-state index in [1.165, 1.54) is 126 Å². The Hall–Kier alpha value is -6.00. The number of fused-ring (bicyclic) bond motifs is 12. The van der Waals surface area contributed by atoms with Crippen LogP contribution in [-0.4, -0.2) is 12.3 Å². The fourth-order valence-electron chi connectivity index (χ4n) is 14.6. The molecule has 328 valence electrons. The number of nitrogens with zero attached hydrogens (tertiary/aromatic N) is 3. The van der Waals surface area contributed by atoms with Crippen molar-refractivity contribution in [3.8, 4) is 11.1 Å². The summed E-state index contributed by atoms with van der Waals surface area (Å²) in [6.07, 6.45) is 7.00. The Kier molecular flexibility index (Phi) is 8.14.